The molecule has 19 heavy (non-hydrogen) atoms. The Morgan fingerprint density at radius 1 is 1.26 bits per heavy atom. The first-order chi connectivity index (χ1) is 9.19. The highest BCUT2D eigenvalue weighted by Crippen LogP contribution is 2.44. The molecule has 3 nitrogen and oxygen atoms in total. The van der Waals surface area contributed by atoms with E-state index in [1.807, 2.05) is 19.9 Å². The largest absolute Gasteiger partial charge is 0.490 e. The summed E-state index contributed by atoms with van der Waals surface area (Å²) < 4.78 is 11.5. The summed E-state index contributed by atoms with van der Waals surface area (Å²) in [5.41, 5.74) is 8.51. The van der Waals surface area contributed by atoms with E-state index in [9.17, 15) is 0 Å². The van der Waals surface area contributed by atoms with Gasteiger partial charge in [0.15, 0.2) is 11.5 Å². The van der Waals surface area contributed by atoms with Gasteiger partial charge in [0.05, 0.1) is 13.2 Å². The number of fused-ring (bicyclic) bond motifs is 1. The number of benzene rings is 1. The van der Waals surface area contributed by atoms with Gasteiger partial charge in [-0.1, -0.05) is 18.0 Å². The standard InChI is InChI=1S/C15H22ClNO2/c1-3-18-13-9-11(16)10-7-5-6-8-12(17)14(10)15(13)19-4-2/h9,12H,3-8,17H2,1-2H3. The fraction of sp³-hybridized carbons (Fsp3) is 0.600. The van der Waals surface area contributed by atoms with Gasteiger partial charge in [-0.05, 0) is 38.7 Å². The highest BCUT2D eigenvalue weighted by atomic mass is 35.5. The lowest BCUT2D eigenvalue weighted by Crippen LogP contribution is -2.14. The highest BCUT2D eigenvalue weighted by Gasteiger charge is 2.25. The van der Waals surface area contributed by atoms with Gasteiger partial charge < -0.3 is 15.2 Å². The van der Waals surface area contributed by atoms with Crippen molar-refractivity contribution in [3.63, 3.8) is 0 Å². The second kappa shape index (κ2) is 6.49. The first kappa shape index (κ1) is 14.5. The van der Waals surface area contributed by atoms with Crippen molar-refractivity contribution in [1.82, 2.24) is 0 Å². The van der Waals surface area contributed by atoms with Gasteiger partial charge in [0.1, 0.15) is 0 Å². The molecule has 0 radical (unpaired) electrons. The van der Waals surface area contributed by atoms with Crippen molar-refractivity contribution in [2.75, 3.05) is 13.2 Å². The minimum Gasteiger partial charge on any atom is -0.490 e. The monoisotopic (exact) mass is 283 g/mol. The summed E-state index contributed by atoms with van der Waals surface area (Å²) in [6.07, 6.45) is 4.19. The van der Waals surface area contributed by atoms with Crippen LogP contribution in [0.2, 0.25) is 5.02 Å². The second-order valence-electron chi connectivity index (χ2n) is 4.80. The average Bonchev–Trinajstić information content (AvgIpc) is 2.57. The molecule has 0 amide bonds. The Balaban J connectivity index is 2.58. The van der Waals surface area contributed by atoms with E-state index in [-0.39, 0.29) is 6.04 Å². The molecule has 0 aromatic heterocycles. The summed E-state index contributed by atoms with van der Waals surface area (Å²) in [5.74, 6) is 1.50. The summed E-state index contributed by atoms with van der Waals surface area (Å²) in [6.45, 7) is 5.11. The van der Waals surface area contributed by atoms with Crippen LogP contribution in [0.4, 0.5) is 0 Å². The number of hydrogen-bond donors (Lipinski definition) is 1. The topological polar surface area (TPSA) is 44.5 Å². The van der Waals surface area contributed by atoms with Gasteiger partial charge in [0.25, 0.3) is 0 Å². The minimum atomic E-state index is -0.0167. The molecule has 0 saturated carbocycles. The predicted molar refractivity (Wildman–Crippen MR) is 78.3 cm³/mol. The molecule has 0 fully saturated rings. The van der Waals surface area contributed by atoms with Crippen LogP contribution in [0.25, 0.3) is 0 Å². The van der Waals surface area contributed by atoms with E-state index in [1.54, 1.807) is 0 Å². The maximum Gasteiger partial charge on any atom is 0.166 e. The molecular weight excluding hydrogens is 262 g/mol. The van der Waals surface area contributed by atoms with Crippen LogP contribution in [0.3, 0.4) is 0 Å². The summed E-state index contributed by atoms with van der Waals surface area (Å²) in [6, 6.07) is 1.85. The molecule has 4 heteroatoms. The average molecular weight is 284 g/mol. The van der Waals surface area contributed by atoms with Gasteiger partial charge in [-0.2, -0.15) is 0 Å². The van der Waals surface area contributed by atoms with E-state index in [2.05, 4.69) is 0 Å². The van der Waals surface area contributed by atoms with Crippen molar-refractivity contribution in [3.8, 4) is 11.5 Å². The number of ether oxygens (including phenoxy) is 2. The molecule has 0 heterocycles. The van der Waals surface area contributed by atoms with Crippen LogP contribution in [0, 0.1) is 0 Å². The zero-order chi connectivity index (χ0) is 13.8. The fourth-order valence-corrected chi connectivity index (χ4v) is 2.97. The van der Waals surface area contributed by atoms with Crippen LogP contribution in [0.1, 0.15) is 50.3 Å². The zero-order valence-corrected chi connectivity index (χ0v) is 12.4. The van der Waals surface area contributed by atoms with E-state index in [0.29, 0.717) is 19.0 Å². The Morgan fingerprint density at radius 3 is 2.68 bits per heavy atom. The molecule has 0 bridgehead atoms. The Morgan fingerprint density at radius 2 is 2.00 bits per heavy atom. The van der Waals surface area contributed by atoms with Gasteiger partial charge >= 0.3 is 0 Å². The Kier molecular flexibility index (Phi) is 4.94. The van der Waals surface area contributed by atoms with E-state index in [4.69, 9.17) is 26.8 Å². The van der Waals surface area contributed by atoms with Crippen LogP contribution < -0.4 is 15.2 Å². The maximum atomic E-state index is 6.40. The summed E-state index contributed by atoms with van der Waals surface area (Å²) in [4.78, 5) is 0. The van der Waals surface area contributed by atoms with Crippen molar-refractivity contribution in [2.24, 2.45) is 5.73 Å². The smallest absolute Gasteiger partial charge is 0.166 e. The second-order valence-corrected chi connectivity index (χ2v) is 5.20. The SMILES string of the molecule is CCOc1cc(Cl)c2c(c1OCC)C(N)CCCC2. The third-order valence-corrected chi connectivity index (χ3v) is 3.83. The molecule has 0 saturated heterocycles. The van der Waals surface area contributed by atoms with E-state index in [0.717, 1.165) is 47.6 Å². The Bertz CT molecular complexity index is 448. The third-order valence-electron chi connectivity index (χ3n) is 3.49. The lowest BCUT2D eigenvalue weighted by atomic mass is 9.97. The molecule has 0 spiro atoms. The van der Waals surface area contributed by atoms with E-state index >= 15 is 0 Å². The van der Waals surface area contributed by atoms with Gasteiger partial charge in [-0.15, -0.1) is 0 Å². The van der Waals surface area contributed by atoms with Crippen LogP contribution in [0.15, 0.2) is 6.07 Å². The molecule has 1 unspecified atom stereocenters. The molecule has 1 atom stereocenters. The summed E-state index contributed by atoms with van der Waals surface area (Å²) in [7, 11) is 0. The molecule has 0 aliphatic heterocycles. The van der Waals surface area contributed by atoms with Crippen LogP contribution in [-0.2, 0) is 6.42 Å². The first-order valence-electron chi connectivity index (χ1n) is 7.05. The predicted octanol–water partition coefficient (Wildman–Crippen LogP) is 3.86. The quantitative estimate of drug-likeness (QED) is 0.853. The van der Waals surface area contributed by atoms with Gasteiger partial charge in [-0.3, -0.25) is 0 Å². The number of hydrogen-bond acceptors (Lipinski definition) is 3. The lowest BCUT2D eigenvalue weighted by Gasteiger charge is -2.22. The molecule has 1 aliphatic rings. The maximum absolute atomic E-state index is 6.40. The first-order valence-corrected chi connectivity index (χ1v) is 7.43. The van der Waals surface area contributed by atoms with Gasteiger partial charge in [0.2, 0.25) is 0 Å². The zero-order valence-electron chi connectivity index (χ0n) is 11.7. The van der Waals surface area contributed by atoms with Crippen LogP contribution in [-0.4, -0.2) is 13.2 Å². The van der Waals surface area contributed by atoms with Gasteiger partial charge in [-0.25, -0.2) is 0 Å². The molecular formula is C15H22ClNO2. The van der Waals surface area contributed by atoms with Crippen molar-refractivity contribution < 1.29 is 9.47 Å². The lowest BCUT2D eigenvalue weighted by molar-refractivity contribution is 0.283. The van der Waals surface area contributed by atoms with Crippen molar-refractivity contribution in [1.29, 1.82) is 0 Å². The fourth-order valence-electron chi connectivity index (χ4n) is 2.68. The van der Waals surface area contributed by atoms with Crippen LogP contribution in [0.5, 0.6) is 11.5 Å². The normalized spacial score (nSPS) is 18.6. The third kappa shape index (κ3) is 2.98. The van der Waals surface area contributed by atoms with Crippen molar-refractivity contribution >= 4 is 11.6 Å². The summed E-state index contributed by atoms with van der Waals surface area (Å²) >= 11 is 6.40. The van der Waals surface area contributed by atoms with Gasteiger partial charge in [0, 0.05) is 22.7 Å². The highest BCUT2D eigenvalue weighted by molar-refractivity contribution is 6.31. The number of nitrogens with two attached hydrogens (primary N) is 1. The summed E-state index contributed by atoms with van der Waals surface area (Å²) in [5, 5.41) is 0.749. The van der Waals surface area contributed by atoms with Crippen molar-refractivity contribution in [2.45, 2.75) is 45.6 Å². The molecule has 2 N–H and O–H groups in total. The Labute approximate surface area is 120 Å². The molecule has 1 aromatic rings. The number of rotatable bonds is 4. The molecule has 1 aliphatic carbocycles. The molecule has 2 rings (SSSR count). The minimum absolute atomic E-state index is 0.0167. The Hall–Kier alpha value is -0.930. The molecule has 106 valence electrons. The van der Waals surface area contributed by atoms with E-state index in [1.165, 1.54) is 0 Å². The van der Waals surface area contributed by atoms with Crippen LogP contribution >= 0.6 is 11.6 Å². The molecule has 1 aromatic carbocycles. The number of halogens is 1. The van der Waals surface area contributed by atoms with E-state index < -0.39 is 0 Å². The van der Waals surface area contributed by atoms with Crippen molar-refractivity contribution in [3.05, 3.63) is 22.2 Å².